The summed E-state index contributed by atoms with van der Waals surface area (Å²) in [6.07, 6.45) is 0.0586. The van der Waals surface area contributed by atoms with Crippen LogP contribution in [0.2, 0.25) is 0 Å². The van der Waals surface area contributed by atoms with E-state index in [0.717, 1.165) is 64.6 Å². The number of piperidine rings is 1. The zero-order chi connectivity index (χ0) is 23.2. The van der Waals surface area contributed by atoms with E-state index >= 15 is 0 Å². The van der Waals surface area contributed by atoms with E-state index < -0.39 is 12.1 Å². The molecule has 0 unspecified atom stereocenters. The molecule has 178 valence electrons. The Morgan fingerprint density at radius 2 is 1.65 bits per heavy atom. The van der Waals surface area contributed by atoms with Crippen LogP contribution in [0.15, 0.2) is 0 Å². The highest BCUT2D eigenvalue weighted by Gasteiger charge is 2.48. The summed E-state index contributed by atoms with van der Waals surface area (Å²) in [6.45, 7) is 5.94. The zero-order valence-electron chi connectivity index (χ0n) is 18.1. The molecule has 3 aliphatic rings. The summed E-state index contributed by atoms with van der Waals surface area (Å²) in [5, 5.41) is 7.12. The number of carboxylic acids is 1. The molecule has 0 aromatic rings. The molecule has 3 heterocycles. The number of rotatable bonds is 4. The lowest BCUT2D eigenvalue weighted by atomic mass is 9.77. The maximum Gasteiger partial charge on any atom is 0.490 e. The van der Waals surface area contributed by atoms with Gasteiger partial charge in [-0.05, 0) is 51.1 Å². The van der Waals surface area contributed by atoms with Crippen molar-refractivity contribution in [1.29, 1.82) is 0 Å². The summed E-state index contributed by atoms with van der Waals surface area (Å²) in [4.78, 5) is 39.5. The molecule has 0 atom stereocenters. The fourth-order valence-corrected chi connectivity index (χ4v) is 4.27. The first-order valence-electron chi connectivity index (χ1n) is 10.5. The largest absolute Gasteiger partial charge is 0.490 e. The lowest BCUT2D eigenvalue weighted by molar-refractivity contribution is -0.192. The Labute approximate surface area is 180 Å². The first kappa shape index (κ1) is 25.4. The van der Waals surface area contributed by atoms with Crippen molar-refractivity contribution in [3.05, 3.63) is 0 Å². The average Bonchev–Trinajstić information content (AvgIpc) is 3.00. The molecule has 1 spiro atoms. The molecule has 0 aliphatic carbocycles. The molecule has 31 heavy (non-hydrogen) atoms. The number of carbonyl (C=O) groups excluding carboxylic acids is 2. The molecule has 0 aromatic heterocycles. The van der Waals surface area contributed by atoms with Crippen LogP contribution in [0, 0.1) is 11.3 Å². The molecule has 0 radical (unpaired) electrons. The number of aliphatic carboxylic acids is 1. The van der Waals surface area contributed by atoms with Crippen molar-refractivity contribution >= 4 is 17.8 Å². The quantitative estimate of drug-likeness (QED) is 0.696. The number of carbonyl (C=O) groups is 3. The minimum Gasteiger partial charge on any atom is -0.475 e. The Kier molecular flexibility index (Phi) is 8.70. The number of hydrogen-bond donors (Lipinski definition) is 1. The van der Waals surface area contributed by atoms with Gasteiger partial charge in [0.2, 0.25) is 11.8 Å². The molecule has 0 bridgehead atoms. The van der Waals surface area contributed by atoms with Crippen LogP contribution in [0.4, 0.5) is 13.2 Å². The summed E-state index contributed by atoms with van der Waals surface area (Å²) >= 11 is 0. The Hall–Kier alpha value is -1.88. The van der Waals surface area contributed by atoms with Gasteiger partial charge in [-0.15, -0.1) is 0 Å². The monoisotopic (exact) mass is 451 g/mol. The van der Waals surface area contributed by atoms with Crippen molar-refractivity contribution in [1.82, 2.24) is 14.7 Å². The molecule has 3 fully saturated rings. The summed E-state index contributed by atoms with van der Waals surface area (Å²) < 4.78 is 37.2. The number of halogens is 3. The van der Waals surface area contributed by atoms with Gasteiger partial charge in [-0.25, -0.2) is 4.79 Å². The third kappa shape index (κ3) is 7.06. The number of likely N-dealkylation sites (tertiary alicyclic amines) is 2. The fraction of sp³-hybridized carbons (Fsp3) is 0.850. The van der Waals surface area contributed by atoms with E-state index in [4.69, 9.17) is 14.6 Å². The van der Waals surface area contributed by atoms with Gasteiger partial charge < -0.3 is 24.5 Å². The number of alkyl halides is 3. The van der Waals surface area contributed by atoms with Crippen molar-refractivity contribution in [2.45, 2.75) is 38.3 Å². The van der Waals surface area contributed by atoms with Crippen molar-refractivity contribution < 1.29 is 37.4 Å². The van der Waals surface area contributed by atoms with Gasteiger partial charge in [-0.3, -0.25) is 9.59 Å². The van der Waals surface area contributed by atoms with E-state index in [9.17, 15) is 22.8 Å². The van der Waals surface area contributed by atoms with Crippen LogP contribution in [0.25, 0.3) is 0 Å². The minimum atomic E-state index is -5.08. The summed E-state index contributed by atoms with van der Waals surface area (Å²) in [5.41, 5.74) is -0.196. The Morgan fingerprint density at radius 3 is 2.13 bits per heavy atom. The van der Waals surface area contributed by atoms with Crippen LogP contribution in [-0.2, 0) is 19.1 Å². The maximum absolute atomic E-state index is 12.9. The van der Waals surface area contributed by atoms with Gasteiger partial charge in [0.05, 0.1) is 12.0 Å². The first-order valence-corrected chi connectivity index (χ1v) is 10.5. The standard InChI is InChI=1S/C18H31N3O3.C2HF3O2/c1-19(2)16(22)14-21-10-7-18(17(21)23)5-8-20(9-6-18)13-15-3-11-24-12-4-15;3-2(4,5)1(6)7/h15H,3-14H2,1-2H3;(H,6,7). The Bertz CT molecular complexity index is 642. The van der Waals surface area contributed by atoms with Gasteiger partial charge in [-0.1, -0.05) is 0 Å². The molecule has 8 nitrogen and oxygen atoms in total. The predicted octanol–water partition coefficient (Wildman–Crippen LogP) is 1.45. The molecule has 3 saturated heterocycles. The van der Waals surface area contributed by atoms with E-state index in [0.29, 0.717) is 0 Å². The molecule has 0 aromatic carbocycles. The van der Waals surface area contributed by atoms with Gasteiger partial charge in [-0.2, -0.15) is 13.2 Å². The van der Waals surface area contributed by atoms with Crippen LogP contribution in [-0.4, -0.2) is 104 Å². The SMILES string of the molecule is CN(C)C(=O)CN1CCC2(CCN(CC3CCOCC3)CC2)C1=O.O=C(O)C(F)(F)F. The maximum atomic E-state index is 12.9. The molecule has 3 aliphatic heterocycles. The van der Waals surface area contributed by atoms with E-state index in [1.54, 1.807) is 23.9 Å². The molecule has 11 heteroatoms. The Balaban J connectivity index is 0.000000423. The highest BCUT2D eigenvalue weighted by atomic mass is 19.4. The van der Waals surface area contributed by atoms with Crippen LogP contribution < -0.4 is 0 Å². The molecule has 2 amide bonds. The normalized spacial score (nSPS) is 22.2. The number of hydrogen-bond acceptors (Lipinski definition) is 5. The Morgan fingerprint density at radius 1 is 1.13 bits per heavy atom. The topological polar surface area (TPSA) is 90.4 Å². The van der Waals surface area contributed by atoms with Crippen LogP contribution in [0.1, 0.15) is 32.1 Å². The lowest BCUT2D eigenvalue weighted by Crippen LogP contribution is -2.47. The zero-order valence-corrected chi connectivity index (χ0v) is 18.1. The third-order valence-electron chi connectivity index (χ3n) is 6.34. The highest BCUT2D eigenvalue weighted by molar-refractivity contribution is 5.89. The van der Waals surface area contributed by atoms with E-state index in [1.807, 2.05) is 0 Å². The third-order valence-corrected chi connectivity index (χ3v) is 6.34. The molecule has 1 N–H and O–H groups in total. The second-order valence-corrected chi connectivity index (χ2v) is 8.70. The number of amides is 2. The highest BCUT2D eigenvalue weighted by Crippen LogP contribution is 2.41. The summed E-state index contributed by atoms with van der Waals surface area (Å²) in [7, 11) is 3.49. The molecule has 3 rings (SSSR count). The number of ether oxygens (including phenoxy) is 1. The summed E-state index contributed by atoms with van der Waals surface area (Å²) in [6, 6.07) is 0. The van der Waals surface area contributed by atoms with Gasteiger partial charge in [0.1, 0.15) is 0 Å². The van der Waals surface area contributed by atoms with Crippen LogP contribution >= 0.6 is 0 Å². The van der Waals surface area contributed by atoms with Crippen molar-refractivity contribution in [3.8, 4) is 0 Å². The smallest absolute Gasteiger partial charge is 0.475 e. The van der Waals surface area contributed by atoms with Crippen LogP contribution in [0.3, 0.4) is 0 Å². The lowest BCUT2D eigenvalue weighted by Gasteiger charge is -2.39. The second kappa shape index (κ2) is 10.6. The molecular formula is C20H32F3N3O5. The first-order chi connectivity index (χ1) is 14.4. The minimum absolute atomic E-state index is 0.0114. The van der Waals surface area contributed by atoms with Crippen molar-refractivity contribution in [2.24, 2.45) is 11.3 Å². The fourth-order valence-electron chi connectivity index (χ4n) is 4.27. The molecular weight excluding hydrogens is 419 g/mol. The predicted molar refractivity (Wildman–Crippen MR) is 105 cm³/mol. The van der Waals surface area contributed by atoms with Gasteiger partial charge in [0.15, 0.2) is 0 Å². The average molecular weight is 451 g/mol. The summed E-state index contributed by atoms with van der Waals surface area (Å²) in [5.74, 6) is -1.78. The van der Waals surface area contributed by atoms with E-state index in [1.165, 1.54) is 12.8 Å². The van der Waals surface area contributed by atoms with E-state index in [2.05, 4.69) is 4.90 Å². The number of likely N-dealkylation sites (N-methyl/N-ethyl adjacent to an activating group) is 1. The van der Waals surface area contributed by atoms with Crippen LogP contribution in [0.5, 0.6) is 0 Å². The molecule has 0 saturated carbocycles. The number of carboxylic acid groups (broad SMARTS) is 1. The van der Waals surface area contributed by atoms with Gasteiger partial charge >= 0.3 is 12.1 Å². The van der Waals surface area contributed by atoms with Gasteiger partial charge in [0, 0.05) is 40.4 Å². The van der Waals surface area contributed by atoms with E-state index in [-0.39, 0.29) is 23.8 Å². The van der Waals surface area contributed by atoms with Crippen molar-refractivity contribution in [2.75, 3.05) is 60.0 Å². The van der Waals surface area contributed by atoms with Gasteiger partial charge in [0.25, 0.3) is 0 Å². The second-order valence-electron chi connectivity index (χ2n) is 8.70. The van der Waals surface area contributed by atoms with Crippen molar-refractivity contribution in [3.63, 3.8) is 0 Å². The number of nitrogens with zero attached hydrogens (tertiary/aromatic N) is 3.